The molecule has 0 aliphatic carbocycles. The van der Waals surface area contributed by atoms with E-state index in [1.165, 1.54) is 12.4 Å². The number of nitrogens with one attached hydrogen (secondary N) is 1. The predicted molar refractivity (Wildman–Crippen MR) is 65.3 cm³/mol. The first-order valence-corrected chi connectivity index (χ1v) is 5.16. The highest BCUT2D eigenvalue weighted by Crippen LogP contribution is 2.25. The monoisotopic (exact) mass is 245 g/mol. The molecule has 0 saturated heterocycles. The Bertz CT molecular complexity index is 555. The van der Waals surface area contributed by atoms with Crippen LogP contribution >= 0.6 is 0 Å². The fraction of sp³-hybridized carbons (Fsp3) is 0.0833. The molecule has 6 nitrogen and oxygen atoms in total. The van der Waals surface area contributed by atoms with E-state index in [0.29, 0.717) is 11.6 Å². The summed E-state index contributed by atoms with van der Waals surface area (Å²) in [5.41, 5.74) is 0.637. The lowest BCUT2D eigenvalue weighted by atomic mass is 10.3. The molecule has 6 heteroatoms. The van der Waals surface area contributed by atoms with E-state index in [1.807, 2.05) is 18.2 Å². The molecule has 18 heavy (non-hydrogen) atoms. The smallest absolute Gasteiger partial charge is 0.356 e. The summed E-state index contributed by atoms with van der Waals surface area (Å²) in [5.74, 6) is 0.0115. The Hall–Kier alpha value is -2.63. The number of carboxylic acids is 1. The number of methoxy groups -OCH3 is 1. The van der Waals surface area contributed by atoms with Crippen LogP contribution in [0.2, 0.25) is 0 Å². The number of nitrogens with zero attached hydrogens (tertiary/aromatic N) is 2. The molecule has 1 aromatic heterocycles. The van der Waals surface area contributed by atoms with Gasteiger partial charge in [-0.3, -0.25) is 0 Å². The minimum atomic E-state index is -1.11. The summed E-state index contributed by atoms with van der Waals surface area (Å²) in [7, 11) is 1.57. The lowest BCUT2D eigenvalue weighted by molar-refractivity contribution is 0.0690. The minimum absolute atomic E-state index is 0.0967. The summed E-state index contributed by atoms with van der Waals surface area (Å²) < 4.78 is 5.17. The third-order valence-electron chi connectivity index (χ3n) is 2.24. The van der Waals surface area contributed by atoms with Crippen LogP contribution in [-0.2, 0) is 0 Å². The largest absolute Gasteiger partial charge is 0.495 e. The van der Waals surface area contributed by atoms with Gasteiger partial charge in [0, 0.05) is 0 Å². The number of aromatic carboxylic acids is 1. The predicted octanol–water partition coefficient (Wildman–Crippen LogP) is 1.93. The van der Waals surface area contributed by atoms with Gasteiger partial charge in [-0.15, -0.1) is 0 Å². The average molecular weight is 245 g/mol. The summed E-state index contributed by atoms with van der Waals surface area (Å²) in [6, 6.07) is 7.33. The molecule has 0 atom stereocenters. The molecule has 0 radical (unpaired) electrons. The molecule has 0 amide bonds. The van der Waals surface area contributed by atoms with Crippen molar-refractivity contribution in [3.63, 3.8) is 0 Å². The number of benzene rings is 1. The molecule has 0 fully saturated rings. The third kappa shape index (κ3) is 2.54. The van der Waals surface area contributed by atoms with Crippen LogP contribution in [0.5, 0.6) is 5.75 Å². The number of rotatable bonds is 4. The summed E-state index contributed by atoms with van der Waals surface area (Å²) >= 11 is 0. The maximum absolute atomic E-state index is 10.6. The molecular weight excluding hydrogens is 234 g/mol. The number of carboxylic acid groups (broad SMARTS) is 1. The number of aromatic nitrogens is 2. The third-order valence-corrected chi connectivity index (χ3v) is 2.24. The van der Waals surface area contributed by atoms with Gasteiger partial charge in [0.2, 0.25) is 0 Å². The van der Waals surface area contributed by atoms with Crippen LogP contribution in [0.4, 0.5) is 11.5 Å². The molecule has 0 unspecified atom stereocenters. The summed E-state index contributed by atoms with van der Waals surface area (Å²) in [4.78, 5) is 18.4. The van der Waals surface area contributed by atoms with Crippen molar-refractivity contribution in [2.75, 3.05) is 12.4 Å². The van der Waals surface area contributed by atoms with Crippen LogP contribution in [0.15, 0.2) is 36.7 Å². The van der Waals surface area contributed by atoms with Crippen molar-refractivity contribution in [3.8, 4) is 5.75 Å². The molecule has 92 valence electrons. The topological polar surface area (TPSA) is 84.3 Å². The molecule has 2 aromatic rings. The molecule has 0 aliphatic heterocycles. The Morgan fingerprint density at radius 1 is 1.28 bits per heavy atom. The first-order chi connectivity index (χ1) is 8.70. The summed E-state index contributed by atoms with van der Waals surface area (Å²) in [5, 5.41) is 11.7. The van der Waals surface area contributed by atoms with Crippen LogP contribution in [0.3, 0.4) is 0 Å². The Labute approximate surface area is 103 Å². The molecule has 2 N–H and O–H groups in total. The van der Waals surface area contributed by atoms with Gasteiger partial charge in [-0.25, -0.2) is 14.8 Å². The zero-order chi connectivity index (χ0) is 13.0. The molecule has 0 spiro atoms. The maximum atomic E-state index is 10.6. The minimum Gasteiger partial charge on any atom is -0.495 e. The van der Waals surface area contributed by atoms with Crippen molar-refractivity contribution in [2.45, 2.75) is 0 Å². The summed E-state index contributed by atoms with van der Waals surface area (Å²) in [6.07, 6.45) is 2.55. The SMILES string of the molecule is COc1ccccc1Nc1cnc(C(=O)O)cn1. The Kier molecular flexibility index (Phi) is 3.38. The molecular formula is C12H11N3O3. The molecule has 0 saturated carbocycles. The standard InChI is InChI=1S/C12H11N3O3/c1-18-10-5-3-2-4-8(10)15-11-7-13-9(6-14-11)12(16)17/h2-7H,1H3,(H,14,15)(H,16,17). The van der Waals surface area contributed by atoms with Crippen molar-refractivity contribution in [2.24, 2.45) is 0 Å². The number of ether oxygens (including phenoxy) is 1. The second kappa shape index (κ2) is 5.13. The van der Waals surface area contributed by atoms with E-state index in [-0.39, 0.29) is 5.69 Å². The molecule has 2 rings (SSSR count). The normalized spacial score (nSPS) is 9.83. The van der Waals surface area contributed by atoms with Gasteiger partial charge in [-0.2, -0.15) is 0 Å². The van der Waals surface area contributed by atoms with E-state index < -0.39 is 5.97 Å². The second-order valence-corrected chi connectivity index (χ2v) is 3.42. The van der Waals surface area contributed by atoms with E-state index in [2.05, 4.69) is 15.3 Å². The number of carbonyl (C=O) groups is 1. The quantitative estimate of drug-likeness (QED) is 0.856. The van der Waals surface area contributed by atoms with Crippen molar-refractivity contribution in [1.29, 1.82) is 0 Å². The van der Waals surface area contributed by atoms with Gasteiger partial charge in [0.25, 0.3) is 0 Å². The number of anilines is 2. The van der Waals surface area contributed by atoms with Crippen molar-refractivity contribution >= 4 is 17.5 Å². The first kappa shape index (κ1) is 11.8. The zero-order valence-electron chi connectivity index (χ0n) is 9.62. The van der Waals surface area contributed by atoms with Crippen molar-refractivity contribution in [3.05, 3.63) is 42.4 Å². The molecule has 1 aromatic carbocycles. The van der Waals surface area contributed by atoms with Crippen LogP contribution in [0.1, 0.15) is 10.5 Å². The first-order valence-electron chi connectivity index (χ1n) is 5.16. The van der Waals surface area contributed by atoms with Crippen LogP contribution in [0.25, 0.3) is 0 Å². The van der Waals surface area contributed by atoms with Gasteiger partial charge in [0.05, 0.1) is 25.2 Å². The van der Waals surface area contributed by atoms with Crippen molar-refractivity contribution < 1.29 is 14.6 Å². The van der Waals surface area contributed by atoms with Crippen LogP contribution in [0, 0.1) is 0 Å². The maximum Gasteiger partial charge on any atom is 0.356 e. The van der Waals surface area contributed by atoms with Gasteiger partial charge in [0.1, 0.15) is 11.6 Å². The average Bonchev–Trinajstić information content (AvgIpc) is 2.40. The fourth-order valence-corrected chi connectivity index (χ4v) is 1.39. The Morgan fingerprint density at radius 3 is 2.67 bits per heavy atom. The lowest BCUT2D eigenvalue weighted by Gasteiger charge is -2.09. The second-order valence-electron chi connectivity index (χ2n) is 3.42. The van der Waals surface area contributed by atoms with E-state index in [9.17, 15) is 4.79 Å². The molecule has 0 bridgehead atoms. The highest BCUT2D eigenvalue weighted by Gasteiger charge is 2.06. The van der Waals surface area contributed by atoms with Gasteiger partial charge >= 0.3 is 5.97 Å². The Morgan fingerprint density at radius 2 is 2.06 bits per heavy atom. The Balaban J connectivity index is 2.21. The van der Waals surface area contributed by atoms with Gasteiger partial charge in [-0.1, -0.05) is 12.1 Å². The number of para-hydroxylation sites is 2. The van der Waals surface area contributed by atoms with E-state index in [1.54, 1.807) is 13.2 Å². The number of hydrogen-bond acceptors (Lipinski definition) is 5. The van der Waals surface area contributed by atoms with Gasteiger partial charge in [0.15, 0.2) is 5.69 Å². The van der Waals surface area contributed by atoms with E-state index >= 15 is 0 Å². The zero-order valence-corrected chi connectivity index (χ0v) is 9.62. The lowest BCUT2D eigenvalue weighted by Crippen LogP contribution is -2.03. The van der Waals surface area contributed by atoms with Gasteiger partial charge in [-0.05, 0) is 12.1 Å². The van der Waals surface area contributed by atoms with Crippen LogP contribution < -0.4 is 10.1 Å². The molecule has 1 heterocycles. The van der Waals surface area contributed by atoms with Gasteiger partial charge < -0.3 is 15.2 Å². The van der Waals surface area contributed by atoms with E-state index in [0.717, 1.165) is 5.69 Å². The van der Waals surface area contributed by atoms with Crippen molar-refractivity contribution in [1.82, 2.24) is 9.97 Å². The highest BCUT2D eigenvalue weighted by molar-refractivity contribution is 5.85. The summed E-state index contributed by atoms with van der Waals surface area (Å²) in [6.45, 7) is 0. The van der Waals surface area contributed by atoms with E-state index in [4.69, 9.17) is 9.84 Å². The highest BCUT2D eigenvalue weighted by atomic mass is 16.5. The molecule has 0 aliphatic rings. The number of hydrogen-bond donors (Lipinski definition) is 2. The fourth-order valence-electron chi connectivity index (χ4n) is 1.39. The van der Waals surface area contributed by atoms with Crippen LogP contribution in [-0.4, -0.2) is 28.2 Å².